The quantitative estimate of drug-likeness (QED) is 0.579. The second-order valence-corrected chi connectivity index (χ2v) is 8.21. The van der Waals surface area contributed by atoms with Crippen molar-refractivity contribution in [3.05, 3.63) is 80.6 Å². The molecule has 3 aromatic rings. The van der Waals surface area contributed by atoms with E-state index in [1.807, 2.05) is 31.2 Å². The lowest BCUT2D eigenvalue weighted by Crippen LogP contribution is -2.32. The van der Waals surface area contributed by atoms with Crippen molar-refractivity contribution in [2.24, 2.45) is 0 Å². The van der Waals surface area contributed by atoms with Crippen LogP contribution < -0.4 is 11.3 Å². The monoisotopic (exact) mass is 413 g/mol. The molecule has 152 valence electrons. The number of aliphatic carboxylic acids is 1. The topological polar surface area (TPSA) is 89.5 Å². The molecule has 0 aliphatic carbocycles. The predicted molar refractivity (Wildman–Crippen MR) is 115 cm³/mol. The molecule has 0 aliphatic rings. The van der Waals surface area contributed by atoms with Crippen LogP contribution in [0.2, 0.25) is 0 Å². The zero-order valence-electron chi connectivity index (χ0n) is 16.2. The second kappa shape index (κ2) is 9.60. The van der Waals surface area contributed by atoms with E-state index in [0.29, 0.717) is 30.2 Å². The summed E-state index contributed by atoms with van der Waals surface area (Å²) >= 11 is 1.43. The third kappa shape index (κ3) is 5.17. The van der Waals surface area contributed by atoms with Crippen LogP contribution in [0.1, 0.15) is 24.5 Å². The molecule has 1 heterocycles. The van der Waals surface area contributed by atoms with Gasteiger partial charge in [-0.05, 0) is 48.3 Å². The molecule has 0 fully saturated rings. The van der Waals surface area contributed by atoms with Crippen LogP contribution in [0.5, 0.6) is 0 Å². The highest BCUT2D eigenvalue weighted by molar-refractivity contribution is 8.00. The Labute approximate surface area is 172 Å². The van der Waals surface area contributed by atoms with Crippen molar-refractivity contribution in [3.63, 3.8) is 0 Å². The lowest BCUT2D eigenvalue weighted by Gasteiger charge is -2.11. The second-order valence-electron chi connectivity index (χ2n) is 6.73. The number of aromatic nitrogens is 1. The fraction of sp³-hybridized carbons (Fsp3) is 0.318. The van der Waals surface area contributed by atoms with E-state index in [1.165, 1.54) is 11.8 Å². The maximum atomic E-state index is 12.5. The van der Waals surface area contributed by atoms with Crippen LogP contribution in [0.3, 0.4) is 0 Å². The molecule has 0 saturated carbocycles. The van der Waals surface area contributed by atoms with Gasteiger partial charge in [-0.2, -0.15) is 0 Å². The summed E-state index contributed by atoms with van der Waals surface area (Å²) in [5, 5.41) is 9.23. The van der Waals surface area contributed by atoms with Crippen molar-refractivity contribution in [3.8, 4) is 0 Å². The van der Waals surface area contributed by atoms with E-state index in [0.717, 1.165) is 21.4 Å². The number of rotatable bonds is 9. The van der Waals surface area contributed by atoms with Crippen molar-refractivity contribution < 1.29 is 14.3 Å². The Hall–Kier alpha value is -2.80. The zero-order chi connectivity index (χ0) is 20.8. The average molecular weight is 413 g/mol. The fourth-order valence-corrected chi connectivity index (χ4v) is 4.07. The van der Waals surface area contributed by atoms with Gasteiger partial charge >= 0.3 is 11.7 Å². The zero-order valence-corrected chi connectivity index (χ0v) is 17.0. The molecule has 0 radical (unpaired) electrons. The van der Waals surface area contributed by atoms with E-state index in [1.54, 1.807) is 24.3 Å². The van der Waals surface area contributed by atoms with Crippen LogP contribution in [0, 0.1) is 0 Å². The van der Waals surface area contributed by atoms with E-state index >= 15 is 0 Å². The van der Waals surface area contributed by atoms with Gasteiger partial charge in [-0.3, -0.25) is 9.59 Å². The molecule has 1 aromatic heterocycles. The molecule has 6 nitrogen and oxygen atoms in total. The first-order valence-electron chi connectivity index (χ1n) is 9.54. The van der Waals surface area contributed by atoms with Crippen LogP contribution in [0.25, 0.3) is 11.0 Å². The number of fused-ring (bicyclic) bond motifs is 1. The Kier molecular flexibility index (Phi) is 6.93. The highest BCUT2D eigenvalue weighted by Crippen LogP contribution is 2.17. The molecular formula is C22H23NO5S. The first-order valence-corrected chi connectivity index (χ1v) is 10.6. The molecule has 7 heteroatoms. The summed E-state index contributed by atoms with van der Waals surface area (Å²) in [5.41, 5.74) is 2.02. The van der Waals surface area contributed by atoms with Gasteiger partial charge in [0, 0.05) is 6.54 Å². The standard InChI is InChI=1S/C22H23NO5S/c1-2-29-19(21(25)26)14-16-11-9-15(10-12-16)6-5-13-23-20(24)17-7-3-4-8-18(17)28-22(23)27/h3-4,7-12,19H,2,5-6,13-14H2,1H3,(H,25,26). The van der Waals surface area contributed by atoms with Crippen molar-refractivity contribution >= 4 is 28.7 Å². The lowest BCUT2D eigenvalue weighted by molar-refractivity contribution is -0.136. The van der Waals surface area contributed by atoms with E-state index in [4.69, 9.17) is 4.42 Å². The molecule has 0 spiro atoms. The molecule has 1 atom stereocenters. The number of hydrogen-bond acceptors (Lipinski definition) is 5. The highest BCUT2D eigenvalue weighted by atomic mass is 32.2. The molecule has 0 aliphatic heterocycles. The molecule has 0 bridgehead atoms. The Balaban J connectivity index is 1.63. The molecular weight excluding hydrogens is 390 g/mol. The molecule has 1 N–H and O–H groups in total. The number of para-hydroxylation sites is 1. The summed E-state index contributed by atoms with van der Waals surface area (Å²) in [6.45, 7) is 2.23. The summed E-state index contributed by atoms with van der Waals surface area (Å²) in [5.74, 6) is -0.672. The minimum atomic E-state index is -0.791. The minimum Gasteiger partial charge on any atom is -0.480 e. The fourth-order valence-electron chi connectivity index (χ4n) is 3.22. The van der Waals surface area contributed by atoms with Crippen molar-refractivity contribution in [2.45, 2.75) is 38.0 Å². The molecule has 29 heavy (non-hydrogen) atoms. The largest absolute Gasteiger partial charge is 0.480 e. The van der Waals surface area contributed by atoms with Crippen LogP contribution in [0.15, 0.2) is 62.5 Å². The van der Waals surface area contributed by atoms with Gasteiger partial charge < -0.3 is 9.52 Å². The van der Waals surface area contributed by atoms with Gasteiger partial charge in [0.25, 0.3) is 5.56 Å². The summed E-state index contributed by atoms with van der Waals surface area (Å²) in [4.78, 5) is 35.9. The Morgan fingerprint density at radius 3 is 2.48 bits per heavy atom. The highest BCUT2D eigenvalue weighted by Gasteiger charge is 2.17. The van der Waals surface area contributed by atoms with Gasteiger partial charge in [0.05, 0.1) is 5.39 Å². The third-order valence-corrected chi connectivity index (χ3v) is 5.82. The van der Waals surface area contributed by atoms with Crippen LogP contribution >= 0.6 is 11.8 Å². The maximum Gasteiger partial charge on any atom is 0.422 e. The third-order valence-electron chi connectivity index (χ3n) is 4.71. The number of thioether (sulfide) groups is 1. The number of carboxylic acids is 1. The number of carboxylic acid groups (broad SMARTS) is 1. The number of hydrogen-bond donors (Lipinski definition) is 1. The normalized spacial score (nSPS) is 12.2. The van der Waals surface area contributed by atoms with Crippen LogP contribution in [0.4, 0.5) is 0 Å². The average Bonchev–Trinajstić information content (AvgIpc) is 2.71. The Bertz CT molecular complexity index is 1100. The van der Waals surface area contributed by atoms with Gasteiger partial charge in [-0.1, -0.05) is 43.3 Å². The number of aryl methyl sites for hydroxylation is 1. The Morgan fingerprint density at radius 1 is 1.10 bits per heavy atom. The van der Waals surface area contributed by atoms with Crippen molar-refractivity contribution in [1.29, 1.82) is 0 Å². The molecule has 0 saturated heterocycles. The van der Waals surface area contributed by atoms with Crippen LogP contribution in [-0.4, -0.2) is 26.6 Å². The van der Waals surface area contributed by atoms with Gasteiger partial charge in [0.1, 0.15) is 10.8 Å². The lowest BCUT2D eigenvalue weighted by atomic mass is 10.0. The van der Waals surface area contributed by atoms with Gasteiger partial charge in [0.2, 0.25) is 0 Å². The van der Waals surface area contributed by atoms with E-state index in [-0.39, 0.29) is 12.1 Å². The van der Waals surface area contributed by atoms with Gasteiger partial charge in [-0.15, -0.1) is 11.8 Å². The summed E-state index contributed by atoms with van der Waals surface area (Å²) in [6.07, 6.45) is 1.80. The van der Waals surface area contributed by atoms with Crippen molar-refractivity contribution in [1.82, 2.24) is 4.57 Å². The predicted octanol–water partition coefficient (Wildman–Crippen LogP) is 3.34. The summed E-state index contributed by atoms with van der Waals surface area (Å²) < 4.78 is 6.36. The van der Waals surface area contributed by atoms with E-state index in [9.17, 15) is 19.5 Å². The minimum absolute atomic E-state index is 0.280. The first-order chi connectivity index (χ1) is 14.0. The van der Waals surface area contributed by atoms with E-state index < -0.39 is 17.0 Å². The first kappa shape index (κ1) is 20.9. The molecule has 0 amide bonds. The SMILES string of the molecule is CCSC(Cc1ccc(CCCn2c(=O)oc3ccccc3c2=O)cc1)C(=O)O. The Morgan fingerprint density at radius 2 is 1.79 bits per heavy atom. The summed E-state index contributed by atoms with van der Waals surface area (Å²) in [7, 11) is 0. The molecule has 2 aromatic carbocycles. The number of carbonyl (C=O) groups is 1. The molecule has 3 rings (SSSR count). The van der Waals surface area contributed by atoms with Gasteiger partial charge in [0.15, 0.2) is 0 Å². The maximum absolute atomic E-state index is 12.5. The smallest absolute Gasteiger partial charge is 0.422 e. The molecule has 1 unspecified atom stereocenters. The van der Waals surface area contributed by atoms with Crippen LogP contribution in [-0.2, 0) is 24.2 Å². The van der Waals surface area contributed by atoms with Crippen molar-refractivity contribution in [2.75, 3.05) is 5.75 Å². The number of benzene rings is 2. The summed E-state index contributed by atoms with van der Waals surface area (Å²) in [6, 6.07) is 14.5. The van der Waals surface area contributed by atoms with Gasteiger partial charge in [-0.25, -0.2) is 9.36 Å². The number of nitrogens with zero attached hydrogens (tertiary/aromatic N) is 1. The van der Waals surface area contributed by atoms with E-state index in [2.05, 4.69) is 0 Å².